The number of hydrogen-bond donors (Lipinski definition) is 2. The zero-order valence-electron chi connectivity index (χ0n) is 22.0. The summed E-state index contributed by atoms with van der Waals surface area (Å²) in [5.41, 5.74) is 2.04. The van der Waals surface area contributed by atoms with Crippen LogP contribution in [0.1, 0.15) is 48.5 Å². The van der Waals surface area contributed by atoms with E-state index in [4.69, 9.17) is 21.7 Å². The number of anilines is 2. The first-order chi connectivity index (χ1) is 18.8. The number of hydrogen-bond acceptors (Lipinski definition) is 10. The van der Waals surface area contributed by atoms with Crippen LogP contribution in [-0.4, -0.2) is 86.5 Å². The number of carboxylic acids is 1. The molecule has 0 aromatic carbocycles. The number of likely N-dealkylation sites (tertiary alicyclic amines) is 1. The fourth-order valence-corrected chi connectivity index (χ4v) is 6.97. The van der Waals surface area contributed by atoms with Gasteiger partial charge in [0.1, 0.15) is 11.5 Å². The second-order valence-corrected chi connectivity index (χ2v) is 12.7. The van der Waals surface area contributed by atoms with Crippen LogP contribution in [0.2, 0.25) is 4.34 Å². The number of halogens is 1. The Morgan fingerprint density at radius 3 is 2.49 bits per heavy atom. The zero-order chi connectivity index (χ0) is 27.5. The van der Waals surface area contributed by atoms with E-state index in [1.807, 2.05) is 11.4 Å². The Bertz CT molecular complexity index is 1300. The molecule has 0 aliphatic carbocycles. The van der Waals surface area contributed by atoms with Gasteiger partial charge in [-0.2, -0.15) is 0 Å². The number of thiazole rings is 1. The van der Waals surface area contributed by atoms with E-state index in [-0.39, 0.29) is 18.0 Å². The Morgan fingerprint density at radius 2 is 1.87 bits per heavy atom. The molecular weight excluding hydrogens is 558 g/mol. The molecular formula is C26H32ClN7O3S2. The first-order valence-corrected chi connectivity index (χ1v) is 15.2. The summed E-state index contributed by atoms with van der Waals surface area (Å²) in [6, 6.07) is 2.92. The lowest BCUT2D eigenvalue weighted by atomic mass is 10.2. The van der Waals surface area contributed by atoms with E-state index in [0.717, 1.165) is 48.9 Å². The molecule has 5 heterocycles. The average molecular weight is 590 g/mol. The minimum absolute atomic E-state index is 0.142. The normalized spacial score (nSPS) is 20.4. The van der Waals surface area contributed by atoms with Crippen molar-refractivity contribution in [3.8, 4) is 11.3 Å². The lowest BCUT2D eigenvalue weighted by molar-refractivity contribution is -0.137. The van der Waals surface area contributed by atoms with Gasteiger partial charge in [-0.25, -0.2) is 15.0 Å². The van der Waals surface area contributed by atoms with Crippen molar-refractivity contribution in [3.63, 3.8) is 0 Å². The summed E-state index contributed by atoms with van der Waals surface area (Å²) in [7, 11) is 0. The Morgan fingerprint density at radius 1 is 1.13 bits per heavy atom. The second kappa shape index (κ2) is 12.3. The molecule has 0 bridgehead atoms. The molecule has 2 aliphatic heterocycles. The molecule has 13 heteroatoms. The molecule has 3 aromatic heterocycles. The van der Waals surface area contributed by atoms with Crippen LogP contribution in [0.15, 0.2) is 23.8 Å². The van der Waals surface area contributed by atoms with Gasteiger partial charge in [0.05, 0.1) is 28.8 Å². The van der Waals surface area contributed by atoms with Crippen molar-refractivity contribution in [2.45, 2.75) is 51.7 Å². The monoisotopic (exact) mass is 589 g/mol. The molecule has 208 valence electrons. The maximum absolute atomic E-state index is 13.0. The summed E-state index contributed by atoms with van der Waals surface area (Å²) in [5.74, 6) is -0.439. The van der Waals surface area contributed by atoms with E-state index >= 15 is 0 Å². The first-order valence-electron chi connectivity index (χ1n) is 13.1. The van der Waals surface area contributed by atoms with Crippen LogP contribution in [0.5, 0.6) is 0 Å². The molecule has 0 radical (unpaired) electrons. The highest BCUT2D eigenvalue weighted by molar-refractivity contribution is 7.16. The molecule has 2 N–H and O–H groups in total. The van der Waals surface area contributed by atoms with Gasteiger partial charge in [0.15, 0.2) is 5.13 Å². The highest BCUT2D eigenvalue weighted by atomic mass is 35.5. The third kappa shape index (κ3) is 6.75. The number of carbonyl (C=O) groups excluding carboxylic acids is 1. The molecule has 2 aliphatic rings. The zero-order valence-corrected chi connectivity index (χ0v) is 24.4. The van der Waals surface area contributed by atoms with E-state index in [1.54, 1.807) is 6.20 Å². The number of nitrogens with zero attached hydrogens (tertiary/aromatic N) is 6. The Hall–Kier alpha value is -2.64. The van der Waals surface area contributed by atoms with E-state index in [9.17, 15) is 9.59 Å². The average Bonchev–Trinajstić information content (AvgIpc) is 3.62. The highest BCUT2D eigenvalue weighted by Gasteiger charge is 2.29. The number of aliphatic carboxylic acids is 1. The van der Waals surface area contributed by atoms with Gasteiger partial charge in [-0.05, 0) is 32.8 Å². The summed E-state index contributed by atoms with van der Waals surface area (Å²) in [5, 5.41) is 14.3. The number of amides is 1. The predicted octanol–water partition coefficient (Wildman–Crippen LogP) is 4.54. The number of aromatic nitrogens is 3. The fraction of sp³-hybridized carbons (Fsp3) is 0.500. The molecule has 3 aromatic rings. The molecule has 39 heavy (non-hydrogen) atoms. The van der Waals surface area contributed by atoms with Crippen LogP contribution in [0, 0.1) is 0 Å². The molecule has 2 fully saturated rings. The standard InChI is InChI=1S/C26H32ClN7O3S2/c1-16-3-4-17(2)34(16)14-20-24(18-11-21(27)38-15-18)30-26(39-20)31-25(37)19-12-29-22(13-28-19)33-9-7-32(8-10-33)6-5-23(35)36/h11-13,15-17H,3-10,14H2,1-2H3,(H,35,36)(H,30,31,37)/t16-,17-/m1/s1. The predicted molar refractivity (Wildman–Crippen MR) is 155 cm³/mol. The summed E-state index contributed by atoms with van der Waals surface area (Å²) < 4.78 is 0.703. The minimum atomic E-state index is -0.783. The van der Waals surface area contributed by atoms with Crippen molar-refractivity contribution in [1.29, 1.82) is 0 Å². The van der Waals surface area contributed by atoms with Crippen LogP contribution in [0.3, 0.4) is 0 Å². The largest absolute Gasteiger partial charge is 0.481 e. The quantitative estimate of drug-likeness (QED) is 0.371. The van der Waals surface area contributed by atoms with Crippen LogP contribution >= 0.6 is 34.3 Å². The van der Waals surface area contributed by atoms with Crippen LogP contribution < -0.4 is 10.2 Å². The van der Waals surface area contributed by atoms with Gasteiger partial charge in [-0.15, -0.1) is 11.3 Å². The van der Waals surface area contributed by atoms with E-state index < -0.39 is 5.97 Å². The van der Waals surface area contributed by atoms with E-state index in [2.05, 4.69) is 43.8 Å². The number of nitrogens with one attached hydrogen (secondary N) is 1. The van der Waals surface area contributed by atoms with Crippen molar-refractivity contribution in [2.24, 2.45) is 0 Å². The topological polar surface area (TPSA) is 115 Å². The molecule has 2 atom stereocenters. The Kier molecular flexibility index (Phi) is 8.77. The van der Waals surface area contributed by atoms with Crippen molar-refractivity contribution in [2.75, 3.05) is 42.9 Å². The summed E-state index contributed by atoms with van der Waals surface area (Å²) in [6.45, 7) is 8.82. The van der Waals surface area contributed by atoms with Crippen LogP contribution in [0.4, 0.5) is 10.9 Å². The number of rotatable bonds is 9. The van der Waals surface area contributed by atoms with Gasteiger partial charge < -0.3 is 10.0 Å². The van der Waals surface area contributed by atoms with Gasteiger partial charge in [0.25, 0.3) is 5.91 Å². The molecule has 2 saturated heterocycles. The minimum Gasteiger partial charge on any atom is -0.481 e. The third-order valence-electron chi connectivity index (χ3n) is 7.43. The lowest BCUT2D eigenvalue weighted by Gasteiger charge is -2.34. The lowest BCUT2D eigenvalue weighted by Crippen LogP contribution is -2.47. The number of carbonyl (C=O) groups is 2. The smallest absolute Gasteiger partial charge is 0.304 e. The van der Waals surface area contributed by atoms with Gasteiger partial charge >= 0.3 is 5.97 Å². The van der Waals surface area contributed by atoms with Crippen molar-refractivity contribution < 1.29 is 14.7 Å². The molecule has 0 spiro atoms. The van der Waals surface area contributed by atoms with Gasteiger partial charge in [-0.3, -0.25) is 24.7 Å². The SMILES string of the molecule is C[C@@H]1CC[C@@H](C)N1Cc1sc(NC(=O)c2cnc(N3CCN(CCC(=O)O)CC3)cn2)nc1-c1csc(Cl)c1. The molecule has 10 nitrogen and oxygen atoms in total. The molecule has 5 rings (SSSR count). The van der Waals surface area contributed by atoms with Gasteiger partial charge in [-0.1, -0.05) is 22.9 Å². The number of thiophene rings is 1. The highest BCUT2D eigenvalue weighted by Crippen LogP contribution is 2.37. The molecule has 1 amide bonds. The Balaban J connectivity index is 1.25. The molecule has 0 unspecified atom stereocenters. The summed E-state index contributed by atoms with van der Waals surface area (Å²) in [6.07, 6.45) is 5.60. The Labute approximate surface area is 240 Å². The van der Waals surface area contributed by atoms with E-state index in [0.29, 0.717) is 33.9 Å². The maximum Gasteiger partial charge on any atom is 0.304 e. The van der Waals surface area contributed by atoms with Crippen molar-refractivity contribution >= 4 is 57.1 Å². The van der Waals surface area contributed by atoms with Gasteiger partial charge in [0.2, 0.25) is 0 Å². The van der Waals surface area contributed by atoms with Gasteiger partial charge in [0, 0.05) is 67.2 Å². The van der Waals surface area contributed by atoms with Crippen LogP contribution in [0.25, 0.3) is 11.3 Å². The van der Waals surface area contributed by atoms with Crippen molar-refractivity contribution in [1.82, 2.24) is 24.8 Å². The summed E-state index contributed by atoms with van der Waals surface area (Å²) >= 11 is 9.18. The fourth-order valence-electron chi connectivity index (χ4n) is 5.12. The summed E-state index contributed by atoms with van der Waals surface area (Å²) in [4.78, 5) is 45.3. The maximum atomic E-state index is 13.0. The third-order valence-corrected chi connectivity index (χ3v) is 9.48. The number of carboxylic acid groups (broad SMARTS) is 1. The number of piperazine rings is 1. The van der Waals surface area contributed by atoms with Crippen LogP contribution in [-0.2, 0) is 11.3 Å². The van der Waals surface area contributed by atoms with E-state index in [1.165, 1.54) is 41.7 Å². The second-order valence-electron chi connectivity index (χ2n) is 10.1. The molecule has 0 saturated carbocycles. The van der Waals surface area contributed by atoms with Crippen molar-refractivity contribution in [3.05, 3.63) is 38.7 Å². The first kappa shape index (κ1) is 27.9.